The third-order valence-electron chi connectivity index (χ3n) is 6.56. The van der Waals surface area contributed by atoms with Gasteiger partial charge in [-0.1, -0.05) is 12.1 Å². The first-order valence-electron chi connectivity index (χ1n) is 12.3. The first kappa shape index (κ1) is 25.2. The number of nitrogens with one attached hydrogen (secondary N) is 1. The Morgan fingerprint density at radius 1 is 0.971 bits per heavy atom. The van der Waals surface area contributed by atoms with Crippen LogP contribution in [0.2, 0.25) is 0 Å². The van der Waals surface area contributed by atoms with E-state index in [-0.39, 0.29) is 23.3 Å². The van der Waals surface area contributed by atoms with Gasteiger partial charge < -0.3 is 15.0 Å². The Morgan fingerprint density at radius 3 is 2.31 bits per heavy atom. The minimum atomic E-state index is -3.70. The molecule has 35 heavy (non-hydrogen) atoms. The summed E-state index contributed by atoms with van der Waals surface area (Å²) >= 11 is 0. The van der Waals surface area contributed by atoms with Gasteiger partial charge in [0, 0.05) is 31.9 Å². The van der Waals surface area contributed by atoms with Crippen LogP contribution in [0.4, 0.5) is 5.69 Å². The van der Waals surface area contributed by atoms with Crippen LogP contribution >= 0.6 is 0 Å². The predicted octanol–water partition coefficient (Wildman–Crippen LogP) is 3.29. The summed E-state index contributed by atoms with van der Waals surface area (Å²) in [7, 11) is -3.70. The van der Waals surface area contributed by atoms with Crippen LogP contribution in [-0.4, -0.2) is 62.2 Å². The van der Waals surface area contributed by atoms with Gasteiger partial charge in [-0.25, -0.2) is 8.42 Å². The van der Waals surface area contributed by atoms with Gasteiger partial charge in [-0.2, -0.15) is 4.31 Å². The summed E-state index contributed by atoms with van der Waals surface area (Å²) in [5.74, 6) is 0.124. The third kappa shape index (κ3) is 6.21. The van der Waals surface area contributed by atoms with Crippen LogP contribution in [-0.2, 0) is 26.0 Å². The summed E-state index contributed by atoms with van der Waals surface area (Å²) in [5, 5.41) is 2.91. The highest BCUT2D eigenvalue weighted by Gasteiger charge is 2.33. The molecule has 8 nitrogen and oxygen atoms in total. The Bertz CT molecular complexity index is 1130. The predicted molar refractivity (Wildman–Crippen MR) is 134 cm³/mol. The van der Waals surface area contributed by atoms with Crippen molar-refractivity contribution in [3.8, 4) is 5.75 Å². The highest BCUT2D eigenvalue weighted by molar-refractivity contribution is 7.89. The van der Waals surface area contributed by atoms with Crippen molar-refractivity contribution in [3.05, 3.63) is 54.1 Å². The van der Waals surface area contributed by atoms with E-state index >= 15 is 0 Å². The van der Waals surface area contributed by atoms with Crippen molar-refractivity contribution in [1.29, 1.82) is 0 Å². The topological polar surface area (TPSA) is 96.0 Å². The highest BCUT2D eigenvalue weighted by atomic mass is 32.2. The van der Waals surface area contributed by atoms with Gasteiger partial charge in [0.2, 0.25) is 21.8 Å². The summed E-state index contributed by atoms with van der Waals surface area (Å²) in [6, 6.07) is 13.7. The van der Waals surface area contributed by atoms with Crippen LogP contribution < -0.4 is 10.1 Å². The molecule has 4 rings (SSSR count). The molecule has 2 heterocycles. The van der Waals surface area contributed by atoms with Crippen molar-refractivity contribution in [1.82, 2.24) is 9.21 Å². The lowest BCUT2D eigenvalue weighted by Crippen LogP contribution is -2.43. The first-order chi connectivity index (χ1) is 16.9. The molecule has 2 aliphatic heterocycles. The Morgan fingerprint density at radius 2 is 1.66 bits per heavy atom. The molecule has 9 heteroatoms. The van der Waals surface area contributed by atoms with E-state index in [0.29, 0.717) is 43.9 Å². The molecule has 188 valence electrons. The van der Waals surface area contributed by atoms with Gasteiger partial charge in [0.1, 0.15) is 5.75 Å². The van der Waals surface area contributed by atoms with E-state index in [1.165, 1.54) is 4.31 Å². The second-order valence-electron chi connectivity index (χ2n) is 9.06. The average molecular weight is 500 g/mol. The van der Waals surface area contributed by atoms with Crippen molar-refractivity contribution in [2.75, 3.05) is 38.1 Å². The van der Waals surface area contributed by atoms with Crippen molar-refractivity contribution in [2.45, 2.75) is 43.9 Å². The average Bonchev–Trinajstić information content (AvgIpc) is 3.41. The number of piperidine rings is 1. The number of sulfonamides is 1. The van der Waals surface area contributed by atoms with Gasteiger partial charge in [-0.15, -0.1) is 0 Å². The van der Waals surface area contributed by atoms with Gasteiger partial charge in [0.05, 0.1) is 23.8 Å². The number of likely N-dealkylation sites (tertiary alicyclic amines) is 1. The second-order valence-corrected chi connectivity index (χ2v) is 11.0. The minimum absolute atomic E-state index is 0.135. The molecule has 1 atom stereocenters. The summed E-state index contributed by atoms with van der Waals surface area (Å²) < 4.78 is 33.0. The molecule has 0 aliphatic carbocycles. The normalized spacial score (nSPS) is 18.9. The fourth-order valence-electron chi connectivity index (χ4n) is 4.60. The summed E-state index contributed by atoms with van der Waals surface area (Å²) in [6.45, 7) is 4.57. The van der Waals surface area contributed by atoms with Gasteiger partial charge >= 0.3 is 0 Å². The molecule has 2 fully saturated rings. The van der Waals surface area contributed by atoms with Crippen molar-refractivity contribution in [3.63, 3.8) is 0 Å². The van der Waals surface area contributed by atoms with Gasteiger partial charge in [-0.05, 0) is 74.6 Å². The summed E-state index contributed by atoms with van der Waals surface area (Å²) in [5.41, 5.74) is 1.55. The van der Waals surface area contributed by atoms with Gasteiger partial charge in [0.15, 0.2) is 0 Å². The second kappa shape index (κ2) is 11.2. The quantitative estimate of drug-likeness (QED) is 0.601. The van der Waals surface area contributed by atoms with Crippen LogP contribution in [0.25, 0.3) is 0 Å². The lowest BCUT2D eigenvalue weighted by Gasteiger charge is -2.31. The lowest BCUT2D eigenvalue weighted by molar-refractivity contribution is -0.129. The molecule has 2 saturated heterocycles. The van der Waals surface area contributed by atoms with E-state index in [2.05, 4.69) is 5.32 Å². The molecule has 0 bridgehead atoms. The van der Waals surface area contributed by atoms with E-state index in [1.54, 1.807) is 36.4 Å². The van der Waals surface area contributed by atoms with Crippen LogP contribution in [0.15, 0.2) is 53.4 Å². The number of amides is 2. The molecule has 2 aromatic carbocycles. The largest absolute Gasteiger partial charge is 0.494 e. The zero-order valence-corrected chi connectivity index (χ0v) is 20.9. The number of carbonyl (C=O) groups is 2. The molecule has 0 spiro atoms. The van der Waals surface area contributed by atoms with E-state index in [9.17, 15) is 18.0 Å². The zero-order chi connectivity index (χ0) is 24.8. The molecule has 1 unspecified atom stereocenters. The van der Waals surface area contributed by atoms with Crippen molar-refractivity contribution >= 4 is 27.5 Å². The number of hydrogen-bond donors (Lipinski definition) is 1. The molecule has 1 N–H and O–H groups in total. The maximum atomic E-state index is 13.1. The zero-order valence-electron chi connectivity index (χ0n) is 20.1. The van der Waals surface area contributed by atoms with Crippen LogP contribution in [0, 0.1) is 5.92 Å². The monoisotopic (exact) mass is 499 g/mol. The molecule has 2 amide bonds. The Kier molecular flexibility index (Phi) is 8.07. The molecule has 2 aromatic rings. The number of rotatable bonds is 8. The lowest BCUT2D eigenvalue weighted by atomic mass is 9.98. The van der Waals surface area contributed by atoms with E-state index < -0.39 is 15.9 Å². The van der Waals surface area contributed by atoms with Gasteiger partial charge in [0.25, 0.3) is 0 Å². The summed E-state index contributed by atoms with van der Waals surface area (Å²) in [6.07, 6.45) is 3.73. The number of benzene rings is 2. The Balaban J connectivity index is 1.34. The standard InChI is InChI=1S/C26H33N3O5S/c1-2-34-23-11-13-24(14-12-23)35(32,33)29-17-5-6-21(19-29)26(31)27-22-9-7-20(8-10-22)18-25(30)28-15-3-4-16-28/h7-14,21H,2-6,15-19H2,1H3,(H,27,31). The number of nitrogens with zero attached hydrogens (tertiary/aromatic N) is 2. The molecule has 0 radical (unpaired) electrons. The third-order valence-corrected chi connectivity index (χ3v) is 8.44. The van der Waals surface area contributed by atoms with E-state index in [0.717, 1.165) is 31.5 Å². The SMILES string of the molecule is CCOc1ccc(S(=O)(=O)N2CCCC(C(=O)Nc3ccc(CC(=O)N4CCCC4)cc3)C2)cc1. The molecular formula is C26H33N3O5S. The Labute approximate surface area is 207 Å². The fraction of sp³-hybridized carbons (Fsp3) is 0.462. The maximum Gasteiger partial charge on any atom is 0.243 e. The number of anilines is 1. The van der Waals surface area contributed by atoms with Crippen LogP contribution in [0.5, 0.6) is 5.75 Å². The minimum Gasteiger partial charge on any atom is -0.494 e. The first-order valence-corrected chi connectivity index (χ1v) is 13.7. The fourth-order valence-corrected chi connectivity index (χ4v) is 6.13. The number of carbonyl (C=O) groups excluding carboxylic acids is 2. The Hall–Kier alpha value is -2.91. The molecular weight excluding hydrogens is 466 g/mol. The molecule has 0 aromatic heterocycles. The smallest absolute Gasteiger partial charge is 0.243 e. The van der Waals surface area contributed by atoms with Crippen molar-refractivity contribution < 1.29 is 22.7 Å². The number of ether oxygens (including phenoxy) is 1. The summed E-state index contributed by atoms with van der Waals surface area (Å²) in [4.78, 5) is 27.4. The maximum absolute atomic E-state index is 13.1. The number of hydrogen-bond acceptors (Lipinski definition) is 5. The highest BCUT2D eigenvalue weighted by Crippen LogP contribution is 2.26. The van der Waals surface area contributed by atoms with Crippen LogP contribution in [0.1, 0.15) is 38.2 Å². The van der Waals surface area contributed by atoms with E-state index in [1.807, 2.05) is 24.0 Å². The van der Waals surface area contributed by atoms with Gasteiger partial charge in [-0.3, -0.25) is 9.59 Å². The van der Waals surface area contributed by atoms with Crippen molar-refractivity contribution in [2.24, 2.45) is 5.92 Å². The molecule has 2 aliphatic rings. The molecule has 0 saturated carbocycles. The van der Waals surface area contributed by atoms with E-state index in [4.69, 9.17) is 4.74 Å². The van der Waals surface area contributed by atoms with Crippen LogP contribution in [0.3, 0.4) is 0 Å².